The third-order valence-electron chi connectivity index (χ3n) is 4.07. The highest BCUT2D eigenvalue weighted by atomic mass is 32.2. The molecule has 0 aliphatic carbocycles. The highest BCUT2D eigenvalue weighted by Gasteiger charge is 2.18. The third-order valence-corrected chi connectivity index (χ3v) is 5.90. The zero-order chi connectivity index (χ0) is 21.0. The van der Waals surface area contributed by atoms with Crippen molar-refractivity contribution in [1.82, 2.24) is 14.5 Å². The molecule has 3 rings (SSSR count). The summed E-state index contributed by atoms with van der Waals surface area (Å²) in [7, 11) is 0.975. The predicted molar refractivity (Wildman–Crippen MR) is 106 cm³/mol. The SMILES string of the molecule is COc1ccc(CC(=O)Nc2nnc(-c3ccc(S(=O)(=O)N(C)C)cc3)o2)cc1. The highest BCUT2D eigenvalue weighted by Crippen LogP contribution is 2.23. The van der Waals surface area contributed by atoms with Gasteiger partial charge in [-0.15, -0.1) is 5.10 Å². The Kier molecular flexibility index (Phi) is 5.95. The van der Waals surface area contributed by atoms with E-state index in [1.165, 1.54) is 26.2 Å². The number of methoxy groups -OCH3 is 1. The molecule has 10 heteroatoms. The Hall–Kier alpha value is -3.24. The molecule has 0 saturated heterocycles. The number of aromatic nitrogens is 2. The van der Waals surface area contributed by atoms with Gasteiger partial charge < -0.3 is 9.15 Å². The van der Waals surface area contributed by atoms with Crippen LogP contribution in [-0.4, -0.2) is 50.0 Å². The fourth-order valence-corrected chi connectivity index (χ4v) is 3.36. The number of hydrogen-bond donors (Lipinski definition) is 1. The number of carbonyl (C=O) groups is 1. The van der Waals surface area contributed by atoms with Crippen LogP contribution >= 0.6 is 0 Å². The quantitative estimate of drug-likeness (QED) is 0.628. The first-order valence-corrected chi connectivity index (χ1v) is 10.0. The molecule has 0 saturated carbocycles. The van der Waals surface area contributed by atoms with Crippen LogP contribution in [0, 0.1) is 0 Å². The van der Waals surface area contributed by atoms with Gasteiger partial charge in [0.15, 0.2) is 0 Å². The summed E-state index contributed by atoms with van der Waals surface area (Å²) in [6.07, 6.45) is 0.138. The molecular weight excluding hydrogens is 396 g/mol. The molecule has 152 valence electrons. The second-order valence-corrected chi connectivity index (χ2v) is 8.45. The zero-order valence-corrected chi connectivity index (χ0v) is 16.9. The Morgan fingerprint density at radius 2 is 1.72 bits per heavy atom. The van der Waals surface area contributed by atoms with E-state index in [4.69, 9.17) is 9.15 Å². The largest absolute Gasteiger partial charge is 0.497 e. The fraction of sp³-hybridized carbons (Fsp3) is 0.211. The summed E-state index contributed by atoms with van der Waals surface area (Å²) in [5.41, 5.74) is 1.34. The number of rotatable bonds is 7. The number of nitrogens with one attached hydrogen (secondary N) is 1. The van der Waals surface area contributed by atoms with E-state index >= 15 is 0 Å². The normalized spacial score (nSPS) is 11.4. The molecule has 1 heterocycles. The smallest absolute Gasteiger partial charge is 0.322 e. The Bertz CT molecular complexity index is 1090. The highest BCUT2D eigenvalue weighted by molar-refractivity contribution is 7.89. The van der Waals surface area contributed by atoms with Crippen LogP contribution in [0.5, 0.6) is 5.75 Å². The molecule has 1 amide bonds. The average Bonchev–Trinajstić information content (AvgIpc) is 3.16. The van der Waals surface area contributed by atoms with E-state index < -0.39 is 10.0 Å². The second-order valence-electron chi connectivity index (χ2n) is 6.30. The molecule has 0 aliphatic rings. The van der Waals surface area contributed by atoms with Crippen molar-refractivity contribution >= 4 is 21.9 Å². The zero-order valence-electron chi connectivity index (χ0n) is 16.1. The van der Waals surface area contributed by atoms with Gasteiger partial charge in [-0.25, -0.2) is 12.7 Å². The van der Waals surface area contributed by atoms with Gasteiger partial charge in [-0.1, -0.05) is 17.2 Å². The molecule has 0 bridgehead atoms. The molecule has 1 N–H and O–H groups in total. The predicted octanol–water partition coefficient (Wildman–Crippen LogP) is 2.18. The van der Waals surface area contributed by atoms with Crippen LogP contribution in [0.4, 0.5) is 6.01 Å². The maximum Gasteiger partial charge on any atom is 0.322 e. The first kappa shape index (κ1) is 20.5. The lowest BCUT2D eigenvalue weighted by molar-refractivity contribution is -0.115. The molecule has 0 aliphatic heterocycles. The van der Waals surface area contributed by atoms with Crippen molar-refractivity contribution in [3.05, 3.63) is 54.1 Å². The lowest BCUT2D eigenvalue weighted by atomic mass is 10.1. The van der Waals surface area contributed by atoms with Gasteiger partial charge in [0.25, 0.3) is 0 Å². The van der Waals surface area contributed by atoms with Gasteiger partial charge in [-0.05, 0) is 42.0 Å². The van der Waals surface area contributed by atoms with Gasteiger partial charge in [0, 0.05) is 19.7 Å². The Labute approximate surface area is 168 Å². The fourth-order valence-electron chi connectivity index (χ4n) is 2.46. The van der Waals surface area contributed by atoms with Crippen molar-refractivity contribution in [2.24, 2.45) is 0 Å². The van der Waals surface area contributed by atoms with Crippen molar-refractivity contribution in [3.63, 3.8) is 0 Å². The summed E-state index contributed by atoms with van der Waals surface area (Å²) in [4.78, 5) is 12.3. The average molecular weight is 416 g/mol. The van der Waals surface area contributed by atoms with Crippen molar-refractivity contribution in [2.45, 2.75) is 11.3 Å². The van der Waals surface area contributed by atoms with Crippen molar-refractivity contribution in [3.8, 4) is 17.2 Å². The first-order chi connectivity index (χ1) is 13.8. The third kappa shape index (κ3) is 4.79. The molecule has 0 fully saturated rings. The van der Waals surface area contributed by atoms with Gasteiger partial charge >= 0.3 is 6.01 Å². The molecule has 29 heavy (non-hydrogen) atoms. The maximum absolute atomic E-state index is 12.2. The van der Waals surface area contributed by atoms with Gasteiger partial charge in [0.1, 0.15) is 5.75 Å². The molecule has 2 aromatic carbocycles. The lowest BCUT2D eigenvalue weighted by Crippen LogP contribution is -2.22. The molecule has 0 atom stereocenters. The minimum absolute atomic E-state index is 0.0384. The molecule has 9 nitrogen and oxygen atoms in total. The number of anilines is 1. The van der Waals surface area contributed by atoms with Gasteiger partial charge in [-0.3, -0.25) is 10.1 Å². The summed E-state index contributed by atoms with van der Waals surface area (Å²) < 4.78 is 35.9. The molecule has 0 spiro atoms. The van der Waals surface area contributed by atoms with Crippen LogP contribution in [0.2, 0.25) is 0 Å². The second kappa shape index (κ2) is 8.41. The maximum atomic E-state index is 12.2. The van der Waals surface area contributed by atoms with Crippen LogP contribution in [0.3, 0.4) is 0 Å². The minimum atomic E-state index is -3.52. The van der Waals surface area contributed by atoms with E-state index in [1.54, 1.807) is 43.5 Å². The number of hydrogen-bond acceptors (Lipinski definition) is 7. The van der Waals surface area contributed by atoms with E-state index in [9.17, 15) is 13.2 Å². The number of carbonyl (C=O) groups excluding carboxylic acids is 1. The number of sulfonamides is 1. The monoisotopic (exact) mass is 416 g/mol. The number of amides is 1. The molecule has 3 aromatic rings. The summed E-state index contributed by atoms with van der Waals surface area (Å²) in [6, 6.07) is 13.1. The minimum Gasteiger partial charge on any atom is -0.497 e. The van der Waals surface area contributed by atoms with Gasteiger partial charge in [0.2, 0.25) is 21.8 Å². The number of nitrogens with zero attached hydrogens (tertiary/aromatic N) is 3. The Morgan fingerprint density at radius 3 is 2.31 bits per heavy atom. The molecule has 0 radical (unpaired) electrons. The Morgan fingerprint density at radius 1 is 1.07 bits per heavy atom. The topological polar surface area (TPSA) is 115 Å². The van der Waals surface area contributed by atoms with Crippen molar-refractivity contribution in [2.75, 3.05) is 26.5 Å². The summed E-state index contributed by atoms with van der Waals surface area (Å²) in [6.45, 7) is 0. The molecular formula is C19H20N4O5S. The van der Waals surface area contributed by atoms with Crippen LogP contribution < -0.4 is 10.1 Å². The van der Waals surface area contributed by atoms with Crippen molar-refractivity contribution in [1.29, 1.82) is 0 Å². The lowest BCUT2D eigenvalue weighted by Gasteiger charge is -2.11. The van der Waals surface area contributed by atoms with E-state index in [0.29, 0.717) is 11.3 Å². The first-order valence-electron chi connectivity index (χ1n) is 8.59. The van der Waals surface area contributed by atoms with Crippen LogP contribution in [0.25, 0.3) is 11.5 Å². The Balaban J connectivity index is 1.66. The van der Waals surface area contributed by atoms with Crippen LogP contribution in [0.1, 0.15) is 5.56 Å². The number of ether oxygens (including phenoxy) is 1. The van der Waals surface area contributed by atoms with E-state index in [-0.39, 0.29) is 29.1 Å². The standard InChI is InChI=1S/C19H20N4O5S/c1-23(2)29(25,26)16-10-6-14(7-11-16)18-21-22-19(28-18)20-17(24)12-13-4-8-15(27-3)9-5-13/h4-11H,12H2,1-3H3,(H,20,22,24). The van der Waals surface area contributed by atoms with Crippen LogP contribution in [0.15, 0.2) is 57.8 Å². The summed E-state index contributed by atoms with van der Waals surface area (Å²) >= 11 is 0. The number of benzene rings is 2. The molecule has 1 aromatic heterocycles. The summed E-state index contributed by atoms with van der Waals surface area (Å²) in [5, 5.41) is 10.2. The van der Waals surface area contributed by atoms with Crippen molar-refractivity contribution < 1.29 is 22.4 Å². The van der Waals surface area contributed by atoms with E-state index in [0.717, 1.165) is 9.87 Å². The van der Waals surface area contributed by atoms with Crippen LogP contribution in [-0.2, 0) is 21.2 Å². The summed E-state index contributed by atoms with van der Waals surface area (Å²) in [5.74, 6) is 0.566. The van der Waals surface area contributed by atoms with Gasteiger partial charge in [-0.2, -0.15) is 0 Å². The van der Waals surface area contributed by atoms with E-state index in [2.05, 4.69) is 15.5 Å². The van der Waals surface area contributed by atoms with Gasteiger partial charge in [0.05, 0.1) is 18.4 Å². The van der Waals surface area contributed by atoms with E-state index in [1.807, 2.05) is 0 Å². The molecule has 0 unspecified atom stereocenters.